The molecule has 0 bridgehead atoms. The molecule has 5 rings (SSSR count). The van der Waals surface area contributed by atoms with E-state index in [9.17, 15) is 17.6 Å². The number of alkyl halides is 3. The summed E-state index contributed by atoms with van der Waals surface area (Å²) >= 11 is 0. The summed E-state index contributed by atoms with van der Waals surface area (Å²) in [6, 6.07) is 6.82. The summed E-state index contributed by atoms with van der Waals surface area (Å²) in [5, 5.41) is 15.8. The van der Waals surface area contributed by atoms with E-state index in [-0.39, 0.29) is 5.82 Å². The minimum absolute atomic E-state index is 0.176. The van der Waals surface area contributed by atoms with Gasteiger partial charge in [0.2, 0.25) is 0 Å². The molecule has 1 saturated carbocycles. The maximum atomic E-state index is 13.0. The third-order valence-corrected chi connectivity index (χ3v) is 5.87. The van der Waals surface area contributed by atoms with Crippen LogP contribution >= 0.6 is 0 Å². The van der Waals surface area contributed by atoms with Crippen molar-refractivity contribution in [3.8, 4) is 0 Å². The van der Waals surface area contributed by atoms with Crippen LogP contribution in [0.1, 0.15) is 54.5 Å². The van der Waals surface area contributed by atoms with Crippen molar-refractivity contribution in [2.24, 2.45) is 0 Å². The minimum atomic E-state index is -5.08. The number of hydrogen-bond donors (Lipinski definition) is 1. The number of carboxylic acid groups (broad SMARTS) is 1. The zero-order valence-corrected chi connectivity index (χ0v) is 17.7. The van der Waals surface area contributed by atoms with Crippen LogP contribution in [0.25, 0.3) is 5.78 Å². The van der Waals surface area contributed by atoms with E-state index in [1.165, 1.54) is 30.5 Å². The Balaban J connectivity index is 0.000000325. The molecule has 0 atom stereocenters. The smallest absolute Gasteiger partial charge is 0.475 e. The normalized spacial score (nSPS) is 17.6. The van der Waals surface area contributed by atoms with E-state index in [1.54, 1.807) is 0 Å². The van der Waals surface area contributed by atoms with Crippen LogP contribution < -0.4 is 0 Å². The lowest BCUT2D eigenvalue weighted by atomic mass is 9.95. The van der Waals surface area contributed by atoms with E-state index >= 15 is 0 Å². The Morgan fingerprint density at radius 1 is 1.03 bits per heavy atom. The van der Waals surface area contributed by atoms with Crippen LogP contribution in [-0.4, -0.2) is 54.8 Å². The maximum Gasteiger partial charge on any atom is 0.490 e. The van der Waals surface area contributed by atoms with Crippen LogP contribution in [0.15, 0.2) is 36.7 Å². The molecule has 1 aliphatic heterocycles. The monoisotopic (exact) mass is 465 g/mol. The molecule has 1 aromatic carbocycles. The average molecular weight is 465 g/mol. The predicted molar refractivity (Wildman–Crippen MR) is 110 cm³/mol. The molecular weight excluding hydrogens is 442 g/mol. The van der Waals surface area contributed by atoms with Gasteiger partial charge in [0, 0.05) is 24.9 Å². The molecule has 2 aliphatic rings. The highest BCUT2D eigenvalue weighted by Crippen LogP contribution is 2.40. The Morgan fingerprint density at radius 3 is 2.24 bits per heavy atom. The molecular formula is C22H23F4N5O2. The number of benzene rings is 1. The molecule has 2 fully saturated rings. The molecule has 3 aromatic rings. The average Bonchev–Trinajstić information content (AvgIpc) is 3.55. The summed E-state index contributed by atoms with van der Waals surface area (Å²) in [5.74, 6) is -0.0715. The standard InChI is InChI=1S/C20H22FN5.C2HF3O2/c21-18-5-1-14(2-6-18)12-25-9-7-16(8-10-25)19-23-24-20-22-11-17(13-26(19)20)15-3-4-15;3-2(4,5)1(6)7/h1-2,5-6,11,13,15-16H,3-4,7-10,12H2;(H,6,7). The number of carboxylic acids is 1. The molecule has 176 valence electrons. The number of likely N-dealkylation sites (tertiary alicyclic amines) is 1. The minimum Gasteiger partial charge on any atom is -0.475 e. The fourth-order valence-electron chi connectivity index (χ4n) is 3.92. The molecule has 0 radical (unpaired) electrons. The molecule has 1 aliphatic carbocycles. The quantitative estimate of drug-likeness (QED) is 0.583. The van der Waals surface area contributed by atoms with Gasteiger partial charge in [-0.15, -0.1) is 10.2 Å². The van der Waals surface area contributed by atoms with Crippen molar-refractivity contribution in [1.82, 2.24) is 24.5 Å². The highest BCUT2D eigenvalue weighted by Gasteiger charge is 2.38. The third kappa shape index (κ3) is 5.84. The fraction of sp³-hybridized carbons (Fsp3) is 0.455. The van der Waals surface area contributed by atoms with E-state index in [0.717, 1.165) is 43.9 Å². The van der Waals surface area contributed by atoms with Crippen molar-refractivity contribution in [2.45, 2.75) is 50.2 Å². The second-order valence-corrected chi connectivity index (χ2v) is 8.37. The lowest BCUT2D eigenvalue weighted by molar-refractivity contribution is -0.192. The SMILES string of the molecule is Fc1ccc(CN2CCC(c3nnc4ncc(C5CC5)cn34)CC2)cc1.O=C(O)C(F)(F)F. The first-order chi connectivity index (χ1) is 15.7. The van der Waals surface area contributed by atoms with Crippen LogP contribution in [0.5, 0.6) is 0 Å². The van der Waals surface area contributed by atoms with Crippen LogP contribution in [-0.2, 0) is 11.3 Å². The van der Waals surface area contributed by atoms with Crippen molar-refractivity contribution in [3.63, 3.8) is 0 Å². The first-order valence-electron chi connectivity index (χ1n) is 10.7. The number of hydrogen-bond acceptors (Lipinski definition) is 5. The Kier molecular flexibility index (Phi) is 6.59. The van der Waals surface area contributed by atoms with E-state index in [4.69, 9.17) is 9.90 Å². The Morgan fingerprint density at radius 2 is 1.67 bits per heavy atom. The lowest BCUT2D eigenvalue weighted by Gasteiger charge is -2.31. The molecule has 0 amide bonds. The number of rotatable bonds is 4. The van der Waals surface area contributed by atoms with Crippen molar-refractivity contribution in [3.05, 3.63) is 59.4 Å². The first kappa shape index (κ1) is 23.1. The van der Waals surface area contributed by atoms with Gasteiger partial charge in [-0.3, -0.25) is 9.30 Å². The van der Waals surface area contributed by atoms with Gasteiger partial charge in [-0.25, -0.2) is 14.2 Å². The van der Waals surface area contributed by atoms with Crippen LogP contribution in [0.2, 0.25) is 0 Å². The molecule has 1 N–H and O–H groups in total. The Hall–Kier alpha value is -3.08. The van der Waals surface area contributed by atoms with Gasteiger partial charge in [-0.2, -0.15) is 13.2 Å². The maximum absolute atomic E-state index is 13.0. The van der Waals surface area contributed by atoms with Crippen LogP contribution in [0, 0.1) is 5.82 Å². The fourth-order valence-corrected chi connectivity index (χ4v) is 3.92. The molecule has 1 saturated heterocycles. The van der Waals surface area contributed by atoms with E-state index < -0.39 is 12.1 Å². The predicted octanol–water partition coefficient (Wildman–Crippen LogP) is 4.15. The van der Waals surface area contributed by atoms with E-state index in [0.29, 0.717) is 17.6 Å². The summed E-state index contributed by atoms with van der Waals surface area (Å²) in [4.78, 5) is 15.8. The third-order valence-electron chi connectivity index (χ3n) is 5.87. The summed E-state index contributed by atoms with van der Waals surface area (Å²) < 4.78 is 46.9. The number of carbonyl (C=O) groups is 1. The second-order valence-electron chi connectivity index (χ2n) is 8.37. The van der Waals surface area contributed by atoms with Gasteiger partial charge in [0.05, 0.1) is 0 Å². The Labute approximate surface area is 187 Å². The summed E-state index contributed by atoms with van der Waals surface area (Å²) in [7, 11) is 0. The number of fused-ring (bicyclic) bond motifs is 1. The number of nitrogens with zero attached hydrogens (tertiary/aromatic N) is 5. The van der Waals surface area contributed by atoms with E-state index in [2.05, 4.69) is 30.7 Å². The topological polar surface area (TPSA) is 83.6 Å². The highest BCUT2D eigenvalue weighted by atomic mass is 19.4. The van der Waals surface area contributed by atoms with Crippen molar-refractivity contribution >= 4 is 11.7 Å². The van der Waals surface area contributed by atoms with Gasteiger partial charge < -0.3 is 5.11 Å². The molecule has 0 unspecified atom stereocenters. The highest BCUT2D eigenvalue weighted by molar-refractivity contribution is 5.73. The van der Waals surface area contributed by atoms with Gasteiger partial charge in [0.15, 0.2) is 0 Å². The van der Waals surface area contributed by atoms with Crippen LogP contribution in [0.4, 0.5) is 17.6 Å². The van der Waals surface area contributed by atoms with Gasteiger partial charge >= 0.3 is 12.1 Å². The largest absolute Gasteiger partial charge is 0.490 e. The first-order valence-corrected chi connectivity index (χ1v) is 10.7. The second kappa shape index (κ2) is 9.42. The van der Waals surface area contributed by atoms with Gasteiger partial charge in [0.25, 0.3) is 5.78 Å². The molecule has 3 heterocycles. The number of halogens is 4. The van der Waals surface area contributed by atoms with Crippen molar-refractivity contribution < 1.29 is 27.5 Å². The summed E-state index contributed by atoms with van der Waals surface area (Å²) in [6.45, 7) is 2.92. The Bertz CT molecular complexity index is 1100. The molecule has 7 nitrogen and oxygen atoms in total. The molecule has 2 aromatic heterocycles. The van der Waals surface area contributed by atoms with Crippen molar-refractivity contribution in [2.75, 3.05) is 13.1 Å². The van der Waals surface area contributed by atoms with Crippen molar-refractivity contribution in [1.29, 1.82) is 0 Å². The van der Waals surface area contributed by atoms with Gasteiger partial charge in [0.1, 0.15) is 11.6 Å². The zero-order valence-electron chi connectivity index (χ0n) is 17.7. The molecule has 33 heavy (non-hydrogen) atoms. The molecule has 0 spiro atoms. The summed E-state index contributed by atoms with van der Waals surface area (Å²) in [5.41, 5.74) is 2.48. The molecule has 11 heteroatoms. The number of piperidine rings is 1. The zero-order chi connectivity index (χ0) is 23.6. The van der Waals surface area contributed by atoms with Gasteiger partial charge in [-0.05, 0) is 68.0 Å². The van der Waals surface area contributed by atoms with Crippen LogP contribution in [0.3, 0.4) is 0 Å². The lowest BCUT2D eigenvalue weighted by Crippen LogP contribution is -2.33. The number of aliphatic carboxylic acids is 1. The number of aromatic nitrogens is 4. The van der Waals surface area contributed by atoms with E-state index in [1.807, 2.05) is 18.3 Å². The van der Waals surface area contributed by atoms with Gasteiger partial charge in [-0.1, -0.05) is 12.1 Å². The summed E-state index contributed by atoms with van der Waals surface area (Å²) in [6.07, 6.45) is 3.74.